The van der Waals surface area contributed by atoms with Crippen molar-refractivity contribution in [3.05, 3.63) is 105 Å². The monoisotopic (exact) mass is 544 g/mol. The molecule has 0 saturated carbocycles. The van der Waals surface area contributed by atoms with Gasteiger partial charge in [-0.1, -0.05) is 103 Å². The molecule has 0 spiro atoms. The highest BCUT2D eigenvalue weighted by atomic mass is 35.5. The van der Waals surface area contributed by atoms with E-state index in [0.717, 1.165) is 11.1 Å². The Morgan fingerprint density at radius 2 is 1.44 bits per heavy atom. The highest BCUT2D eigenvalue weighted by Gasteiger charge is 2.31. The van der Waals surface area contributed by atoms with E-state index in [1.807, 2.05) is 62.4 Å². The van der Waals surface area contributed by atoms with E-state index in [1.54, 1.807) is 29.2 Å². The van der Waals surface area contributed by atoms with E-state index < -0.39 is 6.04 Å². The number of benzene rings is 3. The fourth-order valence-corrected chi connectivity index (χ4v) is 4.66. The summed E-state index contributed by atoms with van der Waals surface area (Å²) in [5.74, 6) is -0.109. The van der Waals surface area contributed by atoms with Gasteiger partial charge in [-0.2, -0.15) is 0 Å². The van der Waals surface area contributed by atoms with Crippen LogP contribution >= 0.6 is 34.8 Å². The maximum absolute atomic E-state index is 13.7. The van der Waals surface area contributed by atoms with Gasteiger partial charge in [0.15, 0.2) is 0 Å². The summed E-state index contributed by atoms with van der Waals surface area (Å²) in [6.07, 6.45) is 1.01. The lowest BCUT2D eigenvalue weighted by Gasteiger charge is -2.32. The van der Waals surface area contributed by atoms with E-state index in [1.165, 1.54) is 0 Å². The quantitative estimate of drug-likeness (QED) is 0.282. The lowest BCUT2D eigenvalue weighted by atomic mass is 10.0. The number of aryl methyl sites for hydroxylation is 1. The molecule has 0 saturated heterocycles. The maximum atomic E-state index is 13.7. The van der Waals surface area contributed by atoms with Crippen molar-refractivity contribution in [3.8, 4) is 0 Å². The van der Waals surface area contributed by atoms with Gasteiger partial charge >= 0.3 is 0 Å². The topological polar surface area (TPSA) is 49.4 Å². The third kappa shape index (κ3) is 7.99. The van der Waals surface area contributed by atoms with Gasteiger partial charge in [-0.25, -0.2) is 0 Å². The summed E-state index contributed by atoms with van der Waals surface area (Å²) in [5.41, 5.74) is 2.45. The first kappa shape index (κ1) is 28.0. The molecule has 0 aromatic heterocycles. The van der Waals surface area contributed by atoms with Crippen LogP contribution in [-0.4, -0.2) is 29.3 Å². The molecule has 0 fully saturated rings. The molecule has 1 atom stereocenters. The van der Waals surface area contributed by atoms with Gasteiger partial charge in [0.1, 0.15) is 6.04 Å². The van der Waals surface area contributed by atoms with Crippen molar-refractivity contribution in [2.75, 3.05) is 6.54 Å². The number of carbonyl (C=O) groups is 2. The molecule has 3 aromatic carbocycles. The summed E-state index contributed by atoms with van der Waals surface area (Å²) in [6, 6.07) is 21.6. The number of nitrogens with one attached hydrogen (secondary N) is 1. The average molecular weight is 546 g/mol. The third-order valence-corrected chi connectivity index (χ3v) is 6.99. The second kappa shape index (κ2) is 13.7. The van der Waals surface area contributed by atoms with Crippen molar-refractivity contribution < 1.29 is 9.59 Å². The van der Waals surface area contributed by atoms with Gasteiger partial charge in [0.05, 0.1) is 0 Å². The molecule has 0 aliphatic rings. The molecule has 0 aliphatic heterocycles. The molecular formula is C29H31Cl3N2O2. The fraction of sp³-hybridized carbons (Fsp3) is 0.310. The highest BCUT2D eigenvalue weighted by molar-refractivity contribution is 6.36. The van der Waals surface area contributed by atoms with Gasteiger partial charge in [-0.3, -0.25) is 9.59 Å². The Morgan fingerprint density at radius 3 is 2.08 bits per heavy atom. The van der Waals surface area contributed by atoms with Gasteiger partial charge in [0, 0.05) is 46.6 Å². The molecular weight excluding hydrogens is 515 g/mol. The molecule has 1 N–H and O–H groups in total. The minimum absolute atomic E-state index is 0.118. The number of halogens is 3. The van der Waals surface area contributed by atoms with Crippen molar-refractivity contribution in [1.82, 2.24) is 10.2 Å². The summed E-state index contributed by atoms with van der Waals surface area (Å²) in [7, 11) is 0. The SMILES string of the molecule is CC(C)CNC(=O)C(Cc1ccccc1)N(Cc1c(Cl)cccc1Cl)C(=O)CCc1ccccc1Cl. The van der Waals surface area contributed by atoms with Crippen LogP contribution in [0.1, 0.15) is 37.0 Å². The Labute approximate surface area is 228 Å². The van der Waals surface area contributed by atoms with Crippen LogP contribution in [0.15, 0.2) is 72.8 Å². The zero-order valence-corrected chi connectivity index (χ0v) is 22.8. The highest BCUT2D eigenvalue weighted by Crippen LogP contribution is 2.28. The van der Waals surface area contributed by atoms with Crippen LogP contribution in [0.4, 0.5) is 0 Å². The first-order valence-electron chi connectivity index (χ1n) is 12.0. The Balaban J connectivity index is 1.96. The van der Waals surface area contributed by atoms with E-state index in [0.29, 0.717) is 40.0 Å². The second-order valence-electron chi connectivity index (χ2n) is 9.16. The standard InChI is InChI=1S/C29H31Cl3N2O2/c1-20(2)18-33-29(36)27(17-21-9-4-3-5-10-21)34(19-23-25(31)13-8-14-26(23)32)28(35)16-15-22-11-6-7-12-24(22)30/h3-14,20,27H,15-19H2,1-2H3,(H,33,36). The lowest BCUT2D eigenvalue weighted by Crippen LogP contribution is -2.51. The molecule has 0 bridgehead atoms. The summed E-state index contributed by atoms with van der Waals surface area (Å²) < 4.78 is 0. The zero-order valence-electron chi connectivity index (χ0n) is 20.5. The number of hydrogen-bond acceptors (Lipinski definition) is 2. The molecule has 0 heterocycles. The predicted molar refractivity (Wildman–Crippen MR) is 149 cm³/mol. The molecule has 0 radical (unpaired) electrons. The number of amides is 2. The Bertz CT molecular complexity index is 1150. The third-order valence-electron chi connectivity index (χ3n) is 5.91. The van der Waals surface area contributed by atoms with E-state index in [-0.39, 0.29) is 30.7 Å². The fourth-order valence-electron chi connectivity index (χ4n) is 3.92. The number of hydrogen-bond donors (Lipinski definition) is 1. The second-order valence-corrected chi connectivity index (χ2v) is 10.4. The van der Waals surface area contributed by atoms with Crippen LogP contribution in [-0.2, 0) is 29.0 Å². The van der Waals surface area contributed by atoms with Crippen molar-refractivity contribution in [1.29, 1.82) is 0 Å². The van der Waals surface area contributed by atoms with Crippen LogP contribution in [0.25, 0.3) is 0 Å². The van der Waals surface area contributed by atoms with Crippen LogP contribution in [0.5, 0.6) is 0 Å². The van der Waals surface area contributed by atoms with Gasteiger partial charge in [0.2, 0.25) is 11.8 Å². The van der Waals surface area contributed by atoms with E-state index >= 15 is 0 Å². The lowest BCUT2D eigenvalue weighted by molar-refractivity contribution is -0.141. The Kier molecular flexibility index (Phi) is 10.7. The smallest absolute Gasteiger partial charge is 0.243 e. The minimum Gasteiger partial charge on any atom is -0.354 e. The first-order valence-corrected chi connectivity index (χ1v) is 13.2. The normalized spacial score (nSPS) is 11.8. The molecule has 3 rings (SSSR count). The molecule has 7 heteroatoms. The van der Waals surface area contributed by atoms with Crippen LogP contribution in [0, 0.1) is 5.92 Å². The first-order chi connectivity index (χ1) is 17.3. The summed E-state index contributed by atoms with van der Waals surface area (Å²) in [4.78, 5) is 28.8. The van der Waals surface area contributed by atoms with Crippen LogP contribution < -0.4 is 5.32 Å². The largest absolute Gasteiger partial charge is 0.354 e. The van der Waals surface area contributed by atoms with Gasteiger partial charge in [-0.05, 0) is 41.7 Å². The Hall–Kier alpha value is -2.53. The molecule has 2 amide bonds. The van der Waals surface area contributed by atoms with Crippen molar-refractivity contribution >= 4 is 46.6 Å². The number of rotatable bonds is 11. The maximum Gasteiger partial charge on any atom is 0.243 e. The van der Waals surface area contributed by atoms with Crippen LogP contribution in [0.2, 0.25) is 15.1 Å². The zero-order chi connectivity index (χ0) is 26.1. The van der Waals surface area contributed by atoms with Crippen molar-refractivity contribution in [2.45, 2.75) is 45.7 Å². The molecule has 1 unspecified atom stereocenters. The number of carbonyl (C=O) groups excluding carboxylic acids is 2. The number of nitrogens with zero attached hydrogens (tertiary/aromatic N) is 1. The summed E-state index contributed by atoms with van der Waals surface area (Å²) >= 11 is 19.3. The van der Waals surface area contributed by atoms with Gasteiger partial charge in [-0.15, -0.1) is 0 Å². The van der Waals surface area contributed by atoms with Gasteiger partial charge < -0.3 is 10.2 Å². The molecule has 190 valence electrons. The van der Waals surface area contributed by atoms with Crippen molar-refractivity contribution in [2.24, 2.45) is 5.92 Å². The molecule has 4 nitrogen and oxygen atoms in total. The summed E-state index contributed by atoms with van der Waals surface area (Å²) in [6.45, 7) is 4.69. The van der Waals surface area contributed by atoms with E-state index in [2.05, 4.69) is 5.32 Å². The molecule has 3 aromatic rings. The van der Waals surface area contributed by atoms with E-state index in [9.17, 15) is 9.59 Å². The molecule has 36 heavy (non-hydrogen) atoms. The Morgan fingerprint density at radius 1 is 0.833 bits per heavy atom. The van der Waals surface area contributed by atoms with Gasteiger partial charge in [0.25, 0.3) is 0 Å². The van der Waals surface area contributed by atoms with Crippen LogP contribution in [0.3, 0.4) is 0 Å². The minimum atomic E-state index is -0.739. The predicted octanol–water partition coefficient (Wildman–Crippen LogP) is 6.99. The van der Waals surface area contributed by atoms with E-state index in [4.69, 9.17) is 34.8 Å². The average Bonchev–Trinajstić information content (AvgIpc) is 2.86. The van der Waals surface area contributed by atoms with Crippen molar-refractivity contribution in [3.63, 3.8) is 0 Å². The summed E-state index contributed by atoms with van der Waals surface area (Å²) in [5, 5.41) is 4.53. The molecule has 0 aliphatic carbocycles.